The molecule has 1 aliphatic rings. The number of carbonyl (C=O) groups is 1. The van der Waals surface area contributed by atoms with Gasteiger partial charge in [-0.25, -0.2) is 4.98 Å². The fourth-order valence-corrected chi connectivity index (χ4v) is 2.89. The van der Waals surface area contributed by atoms with Crippen LogP contribution in [0.15, 0.2) is 18.2 Å². The fraction of sp³-hybridized carbons (Fsp3) is 0.385. The normalized spacial score (nSPS) is 15.7. The number of hydrogen-bond donors (Lipinski definition) is 0. The smallest absolute Gasteiger partial charge is 0.274 e. The lowest BCUT2D eigenvalue weighted by molar-refractivity contribution is 0.0303. The summed E-state index contributed by atoms with van der Waals surface area (Å²) in [7, 11) is 1.59. The Labute approximate surface area is 114 Å². The van der Waals surface area contributed by atoms with Gasteiger partial charge in [0.15, 0.2) is 0 Å². The maximum absolute atomic E-state index is 12.3. The average molecular weight is 278 g/mol. The molecular weight excluding hydrogens is 264 g/mol. The highest BCUT2D eigenvalue weighted by Gasteiger charge is 2.19. The zero-order valence-corrected chi connectivity index (χ0v) is 11.4. The van der Waals surface area contributed by atoms with Crippen molar-refractivity contribution in [1.82, 2.24) is 9.88 Å². The van der Waals surface area contributed by atoms with Gasteiger partial charge < -0.3 is 14.4 Å². The number of ether oxygens (including phenoxy) is 2. The van der Waals surface area contributed by atoms with Crippen LogP contribution in [0.25, 0.3) is 10.2 Å². The Balaban J connectivity index is 1.89. The van der Waals surface area contributed by atoms with Crippen molar-refractivity contribution < 1.29 is 14.3 Å². The summed E-state index contributed by atoms with van der Waals surface area (Å²) >= 11 is 1.45. The Morgan fingerprint density at radius 1 is 1.42 bits per heavy atom. The van der Waals surface area contributed by atoms with Crippen LogP contribution in [0.3, 0.4) is 0 Å². The van der Waals surface area contributed by atoms with E-state index in [2.05, 4.69) is 4.98 Å². The molecule has 0 atom stereocenters. The van der Waals surface area contributed by atoms with Gasteiger partial charge in [0.25, 0.3) is 11.1 Å². The van der Waals surface area contributed by atoms with Crippen LogP contribution in [-0.2, 0) is 4.74 Å². The summed E-state index contributed by atoms with van der Waals surface area (Å²) in [6.45, 7) is 2.54. The maximum Gasteiger partial charge on any atom is 0.274 e. The molecule has 1 fully saturated rings. The van der Waals surface area contributed by atoms with E-state index in [9.17, 15) is 4.79 Å². The average Bonchev–Trinajstić information content (AvgIpc) is 2.89. The first kappa shape index (κ1) is 12.4. The first-order valence-corrected chi connectivity index (χ1v) is 6.91. The predicted octanol–water partition coefficient (Wildman–Crippen LogP) is 1.78. The second kappa shape index (κ2) is 5.14. The molecule has 0 N–H and O–H groups in total. The second-order valence-corrected chi connectivity index (χ2v) is 5.26. The number of nitrogens with zero attached hydrogens (tertiary/aromatic N) is 2. The number of fused-ring (bicyclic) bond motifs is 1. The third kappa shape index (κ3) is 2.41. The molecule has 2 heterocycles. The molecule has 0 saturated carbocycles. The highest BCUT2D eigenvalue weighted by atomic mass is 32.1. The number of hydrogen-bond acceptors (Lipinski definition) is 5. The number of thiazole rings is 1. The molecule has 1 aromatic heterocycles. The number of amides is 1. The van der Waals surface area contributed by atoms with E-state index in [1.54, 1.807) is 7.11 Å². The van der Waals surface area contributed by atoms with Gasteiger partial charge in [-0.05, 0) is 18.2 Å². The predicted molar refractivity (Wildman–Crippen MR) is 72.9 cm³/mol. The van der Waals surface area contributed by atoms with Crippen molar-refractivity contribution in [2.45, 2.75) is 0 Å². The van der Waals surface area contributed by atoms with Crippen LogP contribution in [0.5, 0.6) is 5.19 Å². The Morgan fingerprint density at radius 2 is 2.21 bits per heavy atom. The monoisotopic (exact) mass is 278 g/mol. The topological polar surface area (TPSA) is 51.7 Å². The van der Waals surface area contributed by atoms with Gasteiger partial charge in [-0.3, -0.25) is 4.79 Å². The summed E-state index contributed by atoms with van der Waals surface area (Å²) in [5, 5.41) is 0.617. The van der Waals surface area contributed by atoms with Crippen LogP contribution in [-0.4, -0.2) is 49.2 Å². The van der Waals surface area contributed by atoms with E-state index in [1.807, 2.05) is 23.1 Å². The number of morpholine rings is 1. The number of rotatable bonds is 2. The standard InChI is InChI=1S/C13H14N2O3S/c1-17-13-14-10-3-2-9(8-11(10)19-13)12(16)15-4-6-18-7-5-15/h2-3,8H,4-7H2,1H3. The lowest BCUT2D eigenvalue weighted by Gasteiger charge is -2.26. The molecule has 0 bridgehead atoms. The van der Waals surface area contributed by atoms with Crippen LogP contribution >= 0.6 is 11.3 Å². The van der Waals surface area contributed by atoms with Gasteiger partial charge >= 0.3 is 0 Å². The Hall–Kier alpha value is -1.66. The molecule has 1 saturated heterocycles. The van der Waals surface area contributed by atoms with E-state index in [-0.39, 0.29) is 5.91 Å². The number of methoxy groups -OCH3 is 1. The SMILES string of the molecule is COc1nc2ccc(C(=O)N3CCOCC3)cc2s1. The molecule has 1 aliphatic heterocycles. The molecular formula is C13H14N2O3S. The van der Waals surface area contributed by atoms with Gasteiger partial charge in [0.1, 0.15) is 0 Å². The number of benzene rings is 1. The van der Waals surface area contributed by atoms with E-state index >= 15 is 0 Å². The van der Waals surface area contributed by atoms with Gasteiger partial charge in [0, 0.05) is 18.7 Å². The van der Waals surface area contributed by atoms with Crippen molar-refractivity contribution in [2.24, 2.45) is 0 Å². The van der Waals surface area contributed by atoms with Crippen LogP contribution in [0.1, 0.15) is 10.4 Å². The zero-order chi connectivity index (χ0) is 13.2. The van der Waals surface area contributed by atoms with Gasteiger partial charge in [-0.15, -0.1) is 0 Å². The van der Waals surface area contributed by atoms with Crippen molar-refractivity contribution >= 4 is 27.5 Å². The number of aromatic nitrogens is 1. The van der Waals surface area contributed by atoms with Crippen LogP contribution < -0.4 is 4.74 Å². The summed E-state index contributed by atoms with van der Waals surface area (Å²) in [6.07, 6.45) is 0. The molecule has 6 heteroatoms. The van der Waals surface area contributed by atoms with Crippen molar-refractivity contribution in [3.63, 3.8) is 0 Å². The van der Waals surface area contributed by atoms with Gasteiger partial charge in [0.2, 0.25) is 0 Å². The molecule has 5 nitrogen and oxygen atoms in total. The third-order valence-electron chi connectivity index (χ3n) is 3.09. The summed E-state index contributed by atoms with van der Waals surface area (Å²) in [5.41, 5.74) is 1.56. The highest BCUT2D eigenvalue weighted by molar-refractivity contribution is 7.20. The van der Waals surface area contributed by atoms with Crippen molar-refractivity contribution in [1.29, 1.82) is 0 Å². The molecule has 0 unspecified atom stereocenters. The molecule has 0 spiro atoms. The van der Waals surface area contributed by atoms with Crippen molar-refractivity contribution in [3.05, 3.63) is 23.8 Å². The van der Waals surface area contributed by atoms with Crippen LogP contribution in [0.4, 0.5) is 0 Å². The minimum atomic E-state index is 0.0533. The molecule has 3 rings (SSSR count). The van der Waals surface area contributed by atoms with Crippen LogP contribution in [0.2, 0.25) is 0 Å². The van der Waals surface area contributed by atoms with Gasteiger partial charge in [-0.1, -0.05) is 11.3 Å². The molecule has 100 valence electrons. The van der Waals surface area contributed by atoms with E-state index in [0.717, 1.165) is 10.2 Å². The Bertz CT molecular complexity index is 605. The van der Waals surface area contributed by atoms with E-state index in [1.165, 1.54) is 11.3 Å². The molecule has 19 heavy (non-hydrogen) atoms. The van der Waals surface area contributed by atoms with E-state index in [4.69, 9.17) is 9.47 Å². The molecule has 0 aliphatic carbocycles. The molecule has 0 radical (unpaired) electrons. The quantitative estimate of drug-likeness (QED) is 0.840. The first-order chi connectivity index (χ1) is 9.28. The minimum absolute atomic E-state index is 0.0533. The highest BCUT2D eigenvalue weighted by Crippen LogP contribution is 2.28. The van der Waals surface area contributed by atoms with Gasteiger partial charge in [-0.2, -0.15) is 0 Å². The molecule has 1 aromatic carbocycles. The van der Waals surface area contributed by atoms with Gasteiger partial charge in [0.05, 0.1) is 30.5 Å². The number of carbonyl (C=O) groups excluding carboxylic acids is 1. The molecule has 2 aromatic rings. The lowest BCUT2D eigenvalue weighted by Crippen LogP contribution is -2.40. The summed E-state index contributed by atoms with van der Waals surface area (Å²) in [6, 6.07) is 5.56. The summed E-state index contributed by atoms with van der Waals surface area (Å²) in [4.78, 5) is 18.5. The second-order valence-electron chi connectivity index (χ2n) is 4.27. The van der Waals surface area contributed by atoms with Crippen LogP contribution in [0, 0.1) is 0 Å². The summed E-state index contributed by atoms with van der Waals surface area (Å²) in [5.74, 6) is 0.0533. The van der Waals surface area contributed by atoms with Crippen molar-refractivity contribution in [3.8, 4) is 5.19 Å². The Morgan fingerprint density at radius 3 is 2.95 bits per heavy atom. The zero-order valence-electron chi connectivity index (χ0n) is 10.6. The maximum atomic E-state index is 12.3. The Kier molecular flexibility index (Phi) is 3.35. The summed E-state index contributed by atoms with van der Waals surface area (Å²) < 4.78 is 11.3. The fourth-order valence-electron chi connectivity index (χ4n) is 2.07. The van der Waals surface area contributed by atoms with E-state index < -0.39 is 0 Å². The molecule has 1 amide bonds. The largest absolute Gasteiger partial charge is 0.473 e. The van der Waals surface area contributed by atoms with E-state index in [0.29, 0.717) is 37.1 Å². The minimum Gasteiger partial charge on any atom is -0.473 e. The van der Waals surface area contributed by atoms with Crippen molar-refractivity contribution in [2.75, 3.05) is 33.4 Å². The lowest BCUT2D eigenvalue weighted by atomic mass is 10.2. The first-order valence-electron chi connectivity index (χ1n) is 6.09. The third-order valence-corrected chi connectivity index (χ3v) is 4.07.